The Morgan fingerprint density at radius 3 is 2.82 bits per heavy atom. The molecule has 4 heteroatoms. The van der Waals surface area contributed by atoms with Crippen LogP contribution in [0.1, 0.15) is 12.5 Å². The molecule has 1 aromatic carbocycles. The van der Waals surface area contributed by atoms with Gasteiger partial charge in [-0.1, -0.05) is 6.92 Å². The van der Waals surface area contributed by atoms with Gasteiger partial charge in [0.05, 0.1) is 5.92 Å². The fourth-order valence-electron chi connectivity index (χ4n) is 2.15. The molecule has 0 aliphatic carbocycles. The maximum Gasteiger partial charge on any atom is 0.229 e. The third-order valence-electron chi connectivity index (χ3n) is 3.30. The molecule has 0 spiro atoms. The number of carbonyl (C=O) groups is 1. The highest BCUT2D eigenvalue weighted by Gasteiger charge is 2.29. The number of anilines is 1. The zero-order valence-corrected chi connectivity index (χ0v) is 12.2. The molecule has 2 N–H and O–H groups in total. The van der Waals surface area contributed by atoms with Crippen molar-refractivity contribution in [2.24, 2.45) is 11.8 Å². The van der Waals surface area contributed by atoms with Crippen molar-refractivity contribution in [1.29, 1.82) is 0 Å². The van der Waals surface area contributed by atoms with Crippen LogP contribution in [0.3, 0.4) is 0 Å². The van der Waals surface area contributed by atoms with Gasteiger partial charge in [-0.2, -0.15) is 0 Å². The van der Waals surface area contributed by atoms with Crippen LogP contribution in [0.2, 0.25) is 0 Å². The Bertz CT molecular complexity index is 433. The molecule has 3 nitrogen and oxygen atoms in total. The summed E-state index contributed by atoms with van der Waals surface area (Å²) in [7, 11) is 0. The largest absolute Gasteiger partial charge is 0.326 e. The van der Waals surface area contributed by atoms with E-state index in [1.54, 1.807) is 0 Å². The molecule has 1 saturated heterocycles. The van der Waals surface area contributed by atoms with Crippen molar-refractivity contribution in [3.05, 3.63) is 27.3 Å². The second-order valence-corrected chi connectivity index (χ2v) is 5.94. The quantitative estimate of drug-likeness (QED) is 0.809. The molecule has 0 saturated carbocycles. The van der Waals surface area contributed by atoms with Crippen molar-refractivity contribution in [3.8, 4) is 0 Å². The fraction of sp³-hybridized carbons (Fsp3) is 0.462. The Balaban J connectivity index is 2.07. The molecular weight excluding hydrogens is 327 g/mol. The maximum absolute atomic E-state index is 12.1. The number of hydrogen-bond acceptors (Lipinski definition) is 2. The Morgan fingerprint density at radius 2 is 2.24 bits per heavy atom. The Morgan fingerprint density at radius 1 is 1.47 bits per heavy atom. The van der Waals surface area contributed by atoms with Crippen LogP contribution < -0.4 is 10.6 Å². The minimum atomic E-state index is 0.0914. The smallest absolute Gasteiger partial charge is 0.229 e. The molecule has 92 valence electrons. The van der Waals surface area contributed by atoms with Crippen molar-refractivity contribution in [1.82, 2.24) is 5.32 Å². The van der Waals surface area contributed by atoms with E-state index in [0.29, 0.717) is 5.92 Å². The first kappa shape index (κ1) is 12.8. The molecule has 1 amide bonds. The lowest BCUT2D eigenvalue weighted by Crippen LogP contribution is -2.28. The maximum atomic E-state index is 12.1. The van der Waals surface area contributed by atoms with Gasteiger partial charge in [0.2, 0.25) is 5.91 Å². The summed E-state index contributed by atoms with van der Waals surface area (Å²) >= 11 is 2.27. The average Bonchev–Trinajstić information content (AvgIpc) is 2.68. The summed E-state index contributed by atoms with van der Waals surface area (Å²) in [6.45, 7) is 5.86. The number of hydrogen-bond donors (Lipinski definition) is 2. The molecule has 1 aromatic rings. The molecule has 0 radical (unpaired) electrons. The standard InChI is InChI=1S/C13H17IN2O/c1-8-5-10(14)3-4-12(8)16-13(17)11-7-15-6-9(11)2/h3-5,9,11,15H,6-7H2,1-2H3,(H,16,17). The topological polar surface area (TPSA) is 41.1 Å². The van der Waals surface area contributed by atoms with Crippen molar-refractivity contribution >= 4 is 34.2 Å². The SMILES string of the molecule is Cc1cc(I)ccc1NC(=O)C1CNCC1C. The lowest BCUT2D eigenvalue weighted by Gasteiger charge is -2.15. The number of rotatable bonds is 2. The van der Waals surface area contributed by atoms with Crippen molar-refractivity contribution in [2.45, 2.75) is 13.8 Å². The summed E-state index contributed by atoms with van der Waals surface area (Å²) in [4.78, 5) is 12.1. The highest BCUT2D eigenvalue weighted by molar-refractivity contribution is 14.1. The third-order valence-corrected chi connectivity index (χ3v) is 3.97. The van der Waals surface area contributed by atoms with Crippen LogP contribution in [-0.4, -0.2) is 19.0 Å². The van der Waals surface area contributed by atoms with Crippen LogP contribution in [0.5, 0.6) is 0 Å². The first-order valence-corrected chi connectivity index (χ1v) is 6.93. The van der Waals surface area contributed by atoms with Gasteiger partial charge in [0, 0.05) is 15.8 Å². The first-order chi connectivity index (χ1) is 8.08. The number of amides is 1. The molecule has 2 atom stereocenters. The van der Waals surface area contributed by atoms with Gasteiger partial charge >= 0.3 is 0 Å². The van der Waals surface area contributed by atoms with E-state index in [9.17, 15) is 4.79 Å². The molecule has 2 rings (SSSR count). The van der Waals surface area contributed by atoms with Gasteiger partial charge in [-0.3, -0.25) is 4.79 Å². The fourth-order valence-corrected chi connectivity index (χ4v) is 2.80. The minimum Gasteiger partial charge on any atom is -0.326 e. The number of benzene rings is 1. The summed E-state index contributed by atoms with van der Waals surface area (Å²) < 4.78 is 1.19. The van der Waals surface area contributed by atoms with Crippen LogP contribution in [-0.2, 0) is 4.79 Å². The van der Waals surface area contributed by atoms with Gasteiger partial charge in [0.25, 0.3) is 0 Å². The van der Waals surface area contributed by atoms with E-state index in [-0.39, 0.29) is 11.8 Å². The highest BCUT2D eigenvalue weighted by Crippen LogP contribution is 2.21. The van der Waals surface area contributed by atoms with E-state index in [4.69, 9.17) is 0 Å². The van der Waals surface area contributed by atoms with E-state index < -0.39 is 0 Å². The predicted octanol–water partition coefficient (Wildman–Crippen LogP) is 2.39. The molecule has 0 aromatic heterocycles. The third kappa shape index (κ3) is 2.98. The normalized spacial score (nSPS) is 23.7. The minimum absolute atomic E-state index is 0.0914. The van der Waals surface area contributed by atoms with E-state index in [1.165, 1.54) is 3.57 Å². The van der Waals surface area contributed by atoms with E-state index in [0.717, 1.165) is 24.3 Å². The molecular formula is C13H17IN2O. The monoisotopic (exact) mass is 344 g/mol. The van der Waals surface area contributed by atoms with Gasteiger partial charge in [-0.05, 0) is 65.7 Å². The number of nitrogens with one attached hydrogen (secondary N) is 2. The lowest BCUT2D eigenvalue weighted by atomic mass is 9.97. The first-order valence-electron chi connectivity index (χ1n) is 5.85. The Labute approximate surface area is 116 Å². The van der Waals surface area contributed by atoms with Crippen LogP contribution in [0.15, 0.2) is 18.2 Å². The molecule has 1 fully saturated rings. The van der Waals surface area contributed by atoms with Gasteiger partial charge in [-0.15, -0.1) is 0 Å². The second kappa shape index (κ2) is 5.35. The van der Waals surface area contributed by atoms with Crippen molar-refractivity contribution < 1.29 is 4.79 Å². The number of halogens is 1. The zero-order chi connectivity index (χ0) is 12.4. The highest BCUT2D eigenvalue weighted by atomic mass is 127. The Hall–Kier alpha value is -0.620. The van der Waals surface area contributed by atoms with Crippen LogP contribution in [0.25, 0.3) is 0 Å². The summed E-state index contributed by atoms with van der Waals surface area (Å²) in [5.74, 6) is 0.639. The van der Waals surface area contributed by atoms with Crippen LogP contribution in [0.4, 0.5) is 5.69 Å². The molecule has 1 aliphatic heterocycles. The van der Waals surface area contributed by atoms with E-state index in [1.807, 2.05) is 19.1 Å². The summed E-state index contributed by atoms with van der Waals surface area (Å²) in [5, 5.41) is 6.28. The van der Waals surface area contributed by atoms with Crippen molar-refractivity contribution in [3.63, 3.8) is 0 Å². The lowest BCUT2D eigenvalue weighted by molar-refractivity contribution is -0.120. The van der Waals surface area contributed by atoms with Gasteiger partial charge in [-0.25, -0.2) is 0 Å². The van der Waals surface area contributed by atoms with Gasteiger partial charge in [0.1, 0.15) is 0 Å². The van der Waals surface area contributed by atoms with Crippen molar-refractivity contribution in [2.75, 3.05) is 18.4 Å². The van der Waals surface area contributed by atoms with E-state index in [2.05, 4.69) is 46.2 Å². The second-order valence-electron chi connectivity index (χ2n) is 4.69. The van der Waals surface area contributed by atoms with Crippen LogP contribution >= 0.6 is 22.6 Å². The number of carbonyl (C=O) groups excluding carboxylic acids is 1. The zero-order valence-electron chi connectivity index (χ0n) is 10.1. The molecule has 2 unspecified atom stereocenters. The molecule has 1 aliphatic rings. The van der Waals surface area contributed by atoms with Gasteiger partial charge in [0.15, 0.2) is 0 Å². The average molecular weight is 344 g/mol. The predicted molar refractivity (Wildman–Crippen MR) is 78.0 cm³/mol. The van der Waals surface area contributed by atoms with Gasteiger partial charge < -0.3 is 10.6 Å². The molecule has 0 bridgehead atoms. The number of aryl methyl sites for hydroxylation is 1. The Kier molecular flexibility index (Phi) is 4.04. The summed E-state index contributed by atoms with van der Waals surface area (Å²) in [6.07, 6.45) is 0. The summed E-state index contributed by atoms with van der Waals surface area (Å²) in [5.41, 5.74) is 2.04. The summed E-state index contributed by atoms with van der Waals surface area (Å²) in [6, 6.07) is 6.06. The molecule has 17 heavy (non-hydrogen) atoms. The van der Waals surface area contributed by atoms with Crippen LogP contribution in [0, 0.1) is 22.3 Å². The molecule has 1 heterocycles. The van der Waals surface area contributed by atoms with E-state index >= 15 is 0 Å².